The molecule has 1 heterocycles. The van der Waals surface area contributed by atoms with Gasteiger partial charge in [-0.15, -0.1) is 0 Å². The maximum atomic E-state index is 12.5. The Morgan fingerprint density at radius 3 is 2.58 bits per heavy atom. The van der Waals surface area contributed by atoms with Gasteiger partial charge in [0.1, 0.15) is 0 Å². The Labute approximate surface area is 122 Å². The molecule has 0 unspecified atom stereocenters. The van der Waals surface area contributed by atoms with Gasteiger partial charge in [-0.25, -0.2) is 0 Å². The van der Waals surface area contributed by atoms with Gasteiger partial charge < -0.3 is 15.5 Å². The lowest BCUT2D eigenvalue weighted by Gasteiger charge is -2.35. The average Bonchev–Trinajstić information content (AvgIpc) is 2.41. The van der Waals surface area contributed by atoms with Gasteiger partial charge in [-0.05, 0) is 61.1 Å². The van der Waals surface area contributed by atoms with Crippen molar-refractivity contribution in [2.45, 2.75) is 18.9 Å². The first kappa shape index (κ1) is 14.3. The summed E-state index contributed by atoms with van der Waals surface area (Å²) in [5.41, 5.74) is 7.03. The maximum absolute atomic E-state index is 12.5. The molecule has 2 N–H and O–H groups in total. The first-order valence-electron chi connectivity index (χ1n) is 6.50. The number of likely N-dealkylation sites (tertiary alicyclic amines) is 1. The quantitative estimate of drug-likeness (QED) is 0.848. The first-order chi connectivity index (χ1) is 8.99. The maximum Gasteiger partial charge on any atom is 0.255 e. The highest BCUT2D eigenvalue weighted by Crippen LogP contribution is 2.23. The van der Waals surface area contributed by atoms with Crippen LogP contribution in [-0.2, 0) is 0 Å². The summed E-state index contributed by atoms with van der Waals surface area (Å²) in [6, 6.07) is 5.94. The van der Waals surface area contributed by atoms with Gasteiger partial charge in [-0.1, -0.05) is 0 Å². The van der Waals surface area contributed by atoms with Crippen LogP contribution in [0.5, 0.6) is 0 Å². The highest BCUT2D eigenvalue weighted by molar-refractivity contribution is 9.10. The summed E-state index contributed by atoms with van der Waals surface area (Å²) in [5, 5.41) is 0. The predicted octanol–water partition coefficient (Wildman–Crippen LogP) is 2.20. The van der Waals surface area contributed by atoms with E-state index in [-0.39, 0.29) is 5.91 Å². The third-order valence-corrected chi connectivity index (χ3v) is 4.39. The van der Waals surface area contributed by atoms with Crippen LogP contribution in [0.15, 0.2) is 22.7 Å². The Morgan fingerprint density at radius 1 is 1.37 bits per heavy atom. The van der Waals surface area contributed by atoms with Gasteiger partial charge in [-0.3, -0.25) is 4.79 Å². The lowest BCUT2D eigenvalue weighted by atomic mass is 10.0. The van der Waals surface area contributed by atoms with Crippen molar-refractivity contribution in [3.63, 3.8) is 0 Å². The number of amides is 1. The summed E-state index contributed by atoms with van der Waals surface area (Å²) < 4.78 is 0.807. The summed E-state index contributed by atoms with van der Waals surface area (Å²) in [6.07, 6.45) is 2.05. The molecule has 4 nitrogen and oxygen atoms in total. The number of hydrogen-bond donors (Lipinski definition) is 1. The molecule has 0 spiro atoms. The lowest BCUT2D eigenvalue weighted by Crippen LogP contribution is -2.44. The molecule has 1 fully saturated rings. The molecule has 0 saturated carbocycles. The van der Waals surface area contributed by atoms with Gasteiger partial charge in [0.25, 0.3) is 5.91 Å². The van der Waals surface area contributed by atoms with Gasteiger partial charge in [0.15, 0.2) is 0 Å². The van der Waals surface area contributed by atoms with Crippen molar-refractivity contribution < 1.29 is 4.79 Å². The molecule has 1 saturated heterocycles. The number of rotatable bonds is 2. The molecule has 0 aromatic heterocycles. The van der Waals surface area contributed by atoms with Crippen molar-refractivity contribution in [2.24, 2.45) is 0 Å². The van der Waals surface area contributed by atoms with Gasteiger partial charge in [0, 0.05) is 29.3 Å². The molecular formula is C14H20BrN3O. The third-order valence-electron chi connectivity index (χ3n) is 3.70. The Hall–Kier alpha value is -1.07. The number of halogens is 1. The molecule has 1 aliphatic rings. The number of nitrogens with two attached hydrogens (primary N) is 1. The number of piperidine rings is 1. The van der Waals surface area contributed by atoms with Gasteiger partial charge in [0.05, 0.1) is 5.56 Å². The minimum absolute atomic E-state index is 0.0661. The van der Waals surface area contributed by atoms with E-state index in [2.05, 4.69) is 34.9 Å². The average molecular weight is 326 g/mol. The highest BCUT2D eigenvalue weighted by atomic mass is 79.9. The second-order valence-electron chi connectivity index (χ2n) is 5.23. The molecule has 104 valence electrons. The zero-order valence-electron chi connectivity index (χ0n) is 11.4. The van der Waals surface area contributed by atoms with Crippen LogP contribution in [0.1, 0.15) is 23.2 Å². The monoisotopic (exact) mass is 325 g/mol. The van der Waals surface area contributed by atoms with Crippen LogP contribution >= 0.6 is 15.9 Å². The van der Waals surface area contributed by atoms with Crippen LogP contribution in [0.25, 0.3) is 0 Å². The number of carbonyl (C=O) groups excluding carboxylic acids is 1. The topological polar surface area (TPSA) is 49.6 Å². The van der Waals surface area contributed by atoms with Crippen LogP contribution < -0.4 is 5.73 Å². The smallest absolute Gasteiger partial charge is 0.255 e. The molecule has 0 atom stereocenters. The number of nitrogen functional groups attached to an aromatic ring is 1. The number of hydrogen-bond acceptors (Lipinski definition) is 3. The second-order valence-corrected chi connectivity index (χ2v) is 6.08. The summed E-state index contributed by atoms with van der Waals surface area (Å²) in [4.78, 5) is 16.6. The summed E-state index contributed by atoms with van der Waals surface area (Å²) in [7, 11) is 4.19. The third kappa shape index (κ3) is 3.28. The van der Waals surface area contributed by atoms with Gasteiger partial charge in [-0.2, -0.15) is 0 Å². The van der Waals surface area contributed by atoms with Crippen molar-refractivity contribution in [1.82, 2.24) is 9.80 Å². The summed E-state index contributed by atoms with van der Waals surface area (Å²) in [6.45, 7) is 1.62. The van der Waals surface area contributed by atoms with E-state index >= 15 is 0 Å². The minimum atomic E-state index is 0.0661. The largest absolute Gasteiger partial charge is 0.399 e. The number of carbonyl (C=O) groups is 1. The predicted molar refractivity (Wildman–Crippen MR) is 81.2 cm³/mol. The molecule has 1 aromatic rings. The second kappa shape index (κ2) is 5.92. The van der Waals surface area contributed by atoms with Crippen molar-refractivity contribution >= 4 is 27.5 Å². The molecule has 2 rings (SSSR count). The normalized spacial score (nSPS) is 16.9. The molecule has 1 aliphatic heterocycles. The number of anilines is 1. The van der Waals surface area contributed by atoms with Crippen molar-refractivity contribution in [3.8, 4) is 0 Å². The van der Waals surface area contributed by atoms with Gasteiger partial charge in [0.2, 0.25) is 0 Å². The number of nitrogens with zero attached hydrogens (tertiary/aromatic N) is 2. The molecule has 0 radical (unpaired) electrons. The van der Waals surface area contributed by atoms with Crippen LogP contribution in [0.4, 0.5) is 5.69 Å². The summed E-state index contributed by atoms with van der Waals surface area (Å²) >= 11 is 3.42. The zero-order valence-corrected chi connectivity index (χ0v) is 13.0. The molecular weight excluding hydrogens is 306 g/mol. The van der Waals surface area contributed by atoms with Crippen LogP contribution in [0.3, 0.4) is 0 Å². The molecule has 0 bridgehead atoms. The van der Waals surface area contributed by atoms with Crippen LogP contribution in [-0.4, -0.2) is 48.9 Å². The fraction of sp³-hybridized carbons (Fsp3) is 0.500. The van der Waals surface area contributed by atoms with Crippen molar-refractivity contribution in [3.05, 3.63) is 28.2 Å². The molecule has 1 aromatic carbocycles. The standard InChI is InChI=1S/C14H20BrN3O/c1-17(2)11-5-7-18(8-6-11)14(19)12-9-10(16)3-4-13(12)15/h3-4,9,11H,5-8,16H2,1-2H3. The molecule has 19 heavy (non-hydrogen) atoms. The van der Waals surface area contributed by atoms with E-state index in [1.165, 1.54) is 0 Å². The van der Waals surface area contributed by atoms with Gasteiger partial charge >= 0.3 is 0 Å². The summed E-state index contributed by atoms with van der Waals surface area (Å²) in [5.74, 6) is 0.0661. The SMILES string of the molecule is CN(C)C1CCN(C(=O)c2cc(N)ccc2Br)CC1. The van der Waals surface area contributed by atoms with Crippen LogP contribution in [0, 0.1) is 0 Å². The van der Waals surface area contributed by atoms with Crippen molar-refractivity contribution in [1.29, 1.82) is 0 Å². The van der Waals surface area contributed by atoms with E-state index in [0.717, 1.165) is 30.4 Å². The van der Waals surface area contributed by atoms with E-state index in [4.69, 9.17) is 5.73 Å². The Bertz CT molecular complexity index is 468. The van der Waals surface area contributed by atoms with E-state index in [0.29, 0.717) is 17.3 Å². The van der Waals surface area contributed by atoms with E-state index in [1.54, 1.807) is 12.1 Å². The van der Waals surface area contributed by atoms with Crippen LogP contribution in [0.2, 0.25) is 0 Å². The highest BCUT2D eigenvalue weighted by Gasteiger charge is 2.25. The fourth-order valence-electron chi connectivity index (χ4n) is 2.46. The molecule has 0 aliphatic carbocycles. The Kier molecular flexibility index (Phi) is 4.47. The van der Waals surface area contributed by atoms with E-state index < -0.39 is 0 Å². The molecule has 1 amide bonds. The van der Waals surface area contributed by atoms with E-state index in [9.17, 15) is 4.79 Å². The Morgan fingerprint density at radius 2 is 2.00 bits per heavy atom. The van der Waals surface area contributed by atoms with Crippen molar-refractivity contribution in [2.75, 3.05) is 32.9 Å². The fourth-order valence-corrected chi connectivity index (χ4v) is 2.88. The lowest BCUT2D eigenvalue weighted by molar-refractivity contribution is 0.0662. The first-order valence-corrected chi connectivity index (χ1v) is 7.29. The number of benzene rings is 1. The van der Waals surface area contributed by atoms with E-state index in [1.807, 2.05) is 11.0 Å². The zero-order chi connectivity index (χ0) is 14.0. The Balaban J connectivity index is 2.07. The molecule has 5 heteroatoms. The minimum Gasteiger partial charge on any atom is -0.399 e.